The number of benzene rings is 4. The highest BCUT2D eigenvalue weighted by atomic mass is 32.2. The van der Waals surface area contributed by atoms with Crippen LogP contribution in [0.2, 0.25) is 0 Å². The van der Waals surface area contributed by atoms with E-state index in [1.165, 1.54) is 97.1 Å². The molecular weight excluding hydrogens is 761 g/mol. The molecule has 5 atom stereocenters. The topological polar surface area (TPSA) is 203 Å². The molecule has 0 spiro atoms. The van der Waals surface area contributed by atoms with E-state index in [-0.39, 0.29) is 4.90 Å². The van der Waals surface area contributed by atoms with E-state index in [0.29, 0.717) is 16.7 Å². The van der Waals surface area contributed by atoms with Crippen molar-refractivity contribution in [1.82, 2.24) is 0 Å². The van der Waals surface area contributed by atoms with E-state index in [9.17, 15) is 38.8 Å². The van der Waals surface area contributed by atoms with Crippen LogP contribution < -0.4 is 0 Å². The highest BCUT2D eigenvalue weighted by Crippen LogP contribution is 2.34. The second kappa shape index (κ2) is 15.4. The van der Waals surface area contributed by atoms with Gasteiger partial charge in [-0.2, -0.15) is 33.7 Å². The Bertz CT molecular complexity index is 2310. The van der Waals surface area contributed by atoms with Crippen molar-refractivity contribution in [2.75, 3.05) is 6.61 Å². The summed E-state index contributed by atoms with van der Waals surface area (Å²) >= 11 is 0. The zero-order chi connectivity index (χ0) is 38.1. The summed E-state index contributed by atoms with van der Waals surface area (Å²) in [6, 6.07) is 21.4. The minimum absolute atomic E-state index is 0.278. The molecule has 4 aromatic carbocycles. The van der Waals surface area contributed by atoms with Crippen molar-refractivity contribution in [2.45, 2.75) is 78.0 Å². The van der Waals surface area contributed by atoms with Crippen LogP contribution in [-0.4, -0.2) is 76.1 Å². The largest absolute Gasteiger partial charge is 0.366 e. The van der Waals surface area contributed by atoms with Crippen molar-refractivity contribution in [3.63, 3.8) is 0 Å². The maximum absolute atomic E-state index is 13.7. The van der Waals surface area contributed by atoms with Crippen LogP contribution in [0.1, 0.15) is 22.3 Å². The Morgan fingerprint density at radius 3 is 1.10 bits per heavy atom. The van der Waals surface area contributed by atoms with Gasteiger partial charge in [0.05, 0.1) is 26.2 Å². The maximum Gasteiger partial charge on any atom is 0.297 e. The molecule has 1 saturated heterocycles. The molecule has 0 unspecified atom stereocenters. The van der Waals surface area contributed by atoms with Gasteiger partial charge in [-0.1, -0.05) is 70.8 Å². The lowest BCUT2D eigenvalue weighted by Gasteiger charge is -2.42. The van der Waals surface area contributed by atoms with E-state index >= 15 is 0 Å². The molecule has 1 aliphatic heterocycles. The van der Waals surface area contributed by atoms with Crippen molar-refractivity contribution < 1.29 is 60.2 Å². The van der Waals surface area contributed by atoms with Crippen LogP contribution in [0.15, 0.2) is 117 Å². The quantitative estimate of drug-likeness (QED) is 0.192. The molecule has 0 aliphatic carbocycles. The Balaban J connectivity index is 1.61. The summed E-state index contributed by atoms with van der Waals surface area (Å²) < 4.78 is 135. The molecule has 1 fully saturated rings. The molecule has 5 rings (SSSR count). The van der Waals surface area contributed by atoms with Crippen molar-refractivity contribution in [3.8, 4) is 0 Å². The van der Waals surface area contributed by atoms with Gasteiger partial charge < -0.3 is 9.84 Å². The molecule has 18 heteroatoms. The van der Waals surface area contributed by atoms with Gasteiger partial charge in [0.15, 0.2) is 12.4 Å². The molecule has 1 N–H and O–H groups in total. The van der Waals surface area contributed by atoms with Crippen LogP contribution in [-0.2, 0) is 61.9 Å². The van der Waals surface area contributed by atoms with Gasteiger partial charge in [-0.3, -0.25) is 16.7 Å². The molecule has 0 radical (unpaired) electrons. The van der Waals surface area contributed by atoms with Crippen LogP contribution in [0.4, 0.5) is 0 Å². The number of aliphatic hydroxyl groups excluding tert-OH is 1. The van der Waals surface area contributed by atoms with Crippen molar-refractivity contribution in [3.05, 3.63) is 119 Å². The van der Waals surface area contributed by atoms with Gasteiger partial charge in [-0.15, -0.1) is 0 Å². The van der Waals surface area contributed by atoms with Crippen LogP contribution in [0.5, 0.6) is 0 Å². The van der Waals surface area contributed by atoms with Gasteiger partial charge in [-0.25, -0.2) is 0 Å². The van der Waals surface area contributed by atoms with Crippen molar-refractivity contribution >= 4 is 40.5 Å². The van der Waals surface area contributed by atoms with Crippen molar-refractivity contribution in [2.24, 2.45) is 0 Å². The Hall–Kier alpha value is -3.56. The second-order valence-corrected chi connectivity index (χ2v) is 18.4. The molecule has 4 aromatic rings. The smallest absolute Gasteiger partial charge is 0.297 e. The average molecular weight is 797 g/mol. The zero-order valence-electron chi connectivity index (χ0n) is 28.2. The van der Waals surface area contributed by atoms with E-state index in [1.807, 2.05) is 0 Å². The Labute approximate surface area is 303 Å². The zero-order valence-corrected chi connectivity index (χ0v) is 31.5. The molecule has 1 aliphatic rings. The molecule has 14 nitrogen and oxygen atoms in total. The Morgan fingerprint density at radius 2 is 0.750 bits per heavy atom. The first kappa shape index (κ1) is 39.6. The lowest BCUT2D eigenvalue weighted by atomic mass is 9.99. The third-order valence-electron chi connectivity index (χ3n) is 7.95. The molecule has 52 heavy (non-hydrogen) atoms. The Kier molecular flexibility index (Phi) is 11.8. The van der Waals surface area contributed by atoms with Gasteiger partial charge in [0.25, 0.3) is 40.5 Å². The lowest BCUT2D eigenvalue weighted by molar-refractivity contribution is -0.268. The average Bonchev–Trinajstić information content (AvgIpc) is 3.07. The number of hydrogen-bond donors (Lipinski definition) is 1. The van der Waals surface area contributed by atoms with Gasteiger partial charge in [0, 0.05) is 0 Å². The monoisotopic (exact) mass is 796 g/mol. The van der Waals surface area contributed by atoms with Crippen LogP contribution in [0, 0.1) is 27.7 Å². The van der Waals surface area contributed by atoms with Gasteiger partial charge >= 0.3 is 0 Å². The van der Waals surface area contributed by atoms with E-state index in [1.54, 1.807) is 27.7 Å². The number of rotatable bonds is 13. The Morgan fingerprint density at radius 1 is 0.462 bits per heavy atom. The first-order valence-corrected chi connectivity index (χ1v) is 21.2. The SMILES string of the molecule is Cc1ccc(S(=O)(=O)OC[C@H]2O[C@@H](O)[C@@H](OS(=O)(=O)c3ccc(C)cc3)[C@@H](OS(=O)(=O)c3ccc(C)cc3)[C@@H]2OS(=O)(=O)c2ccc(C)cc2)cc1. The fraction of sp³-hybridized carbons (Fsp3) is 0.294. The van der Waals surface area contributed by atoms with E-state index < -0.39 is 92.5 Å². The van der Waals surface area contributed by atoms with Crippen LogP contribution in [0.3, 0.4) is 0 Å². The lowest BCUT2D eigenvalue weighted by Crippen LogP contribution is -2.62. The standard InChI is InChI=1S/C34H36O14S4/c1-22-5-13-26(14-6-22)49(36,37)44-21-30-31(46-50(38,39)27-15-7-23(2)8-16-27)32(47-51(40,41)28-17-9-24(3)10-18-28)33(34(35)45-30)48-52(42,43)29-19-11-25(4)12-20-29/h5-20,30-35H,21H2,1-4H3/t30-,31-,32+,33+,34-/m1/s1. The number of aryl methyl sites for hydroxylation is 4. The molecule has 0 saturated carbocycles. The number of aliphatic hydroxyl groups is 1. The summed E-state index contributed by atoms with van der Waals surface area (Å²) in [6.07, 6.45) is -11.1. The van der Waals surface area contributed by atoms with Crippen LogP contribution in [0.25, 0.3) is 0 Å². The van der Waals surface area contributed by atoms with Crippen molar-refractivity contribution in [1.29, 1.82) is 0 Å². The fourth-order valence-electron chi connectivity index (χ4n) is 5.01. The second-order valence-electron chi connectivity index (χ2n) is 12.1. The fourth-order valence-corrected chi connectivity index (χ4v) is 9.20. The van der Waals surface area contributed by atoms with Gasteiger partial charge in [-0.05, 0) is 76.2 Å². The molecule has 0 aromatic heterocycles. The minimum atomic E-state index is -4.91. The normalized spacial score (nSPS) is 21.5. The summed E-state index contributed by atoms with van der Waals surface area (Å²) in [5.74, 6) is 0. The van der Waals surface area contributed by atoms with Gasteiger partial charge in [0.1, 0.15) is 18.3 Å². The molecule has 0 bridgehead atoms. The predicted molar refractivity (Wildman–Crippen MR) is 185 cm³/mol. The highest BCUT2D eigenvalue weighted by molar-refractivity contribution is 7.87. The summed E-state index contributed by atoms with van der Waals surface area (Å²) in [5, 5.41) is 11.2. The number of ether oxygens (including phenoxy) is 1. The first-order chi connectivity index (χ1) is 24.3. The molecule has 280 valence electrons. The van der Waals surface area contributed by atoms with E-state index in [0.717, 1.165) is 5.56 Å². The molecular formula is C34H36O14S4. The maximum atomic E-state index is 13.7. The third-order valence-corrected chi connectivity index (χ3v) is 13.2. The number of hydrogen-bond acceptors (Lipinski definition) is 14. The summed E-state index contributed by atoms with van der Waals surface area (Å²) in [7, 11) is -19.2. The third kappa shape index (κ3) is 9.32. The summed E-state index contributed by atoms with van der Waals surface area (Å²) in [6.45, 7) is 5.77. The van der Waals surface area contributed by atoms with E-state index in [2.05, 4.69) is 0 Å². The van der Waals surface area contributed by atoms with Crippen LogP contribution >= 0.6 is 0 Å². The highest BCUT2D eigenvalue weighted by Gasteiger charge is 2.54. The summed E-state index contributed by atoms with van der Waals surface area (Å²) in [4.78, 5) is -1.50. The minimum Gasteiger partial charge on any atom is -0.366 e. The first-order valence-electron chi connectivity index (χ1n) is 15.6. The summed E-state index contributed by atoms with van der Waals surface area (Å²) in [5.41, 5.74) is 2.82. The predicted octanol–water partition coefficient (Wildman–Crippen LogP) is 3.67. The van der Waals surface area contributed by atoms with Gasteiger partial charge in [0.2, 0.25) is 0 Å². The molecule has 1 heterocycles. The van der Waals surface area contributed by atoms with E-state index in [4.69, 9.17) is 21.5 Å². The molecule has 0 amide bonds.